The first-order valence-electron chi connectivity index (χ1n) is 8.20. The average Bonchev–Trinajstić information content (AvgIpc) is 3.39. The molecule has 4 rings (SSSR count). The van der Waals surface area contributed by atoms with E-state index in [2.05, 4.69) is 59.3 Å². The Balaban J connectivity index is 1.58. The third-order valence-electron chi connectivity index (χ3n) is 4.51. The number of fused-ring (bicyclic) bond motifs is 1. The third kappa shape index (κ3) is 3.02. The summed E-state index contributed by atoms with van der Waals surface area (Å²) in [6.45, 7) is 2.96. The van der Waals surface area contributed by atoms with E-state index in [0.717, 1.165) is 29.8 Å². The zero-order valence-electron chi connectivity index (χ0n) is 13.2. The number of hydrogen-bond donors (Lipinski definition) is 3. The van der Waals surface area contributed by atoms with Crippen LogP contribution in [0.1, 0.15) is 25.3 Å². The molecule has 3 N–H and O–H groups in total. The summed E-state index contributed by atoms with van der Waals surface area (Å²) in [5.41, 5.74) is 3.66. The lowest BCUT2D eigenvalue weighted by molar-refractivity contribution is -0.122. The molecule has 23 heavy (non-hydrogen) atoms. The predicted octanol–water partition coefficient (Wildman–Crippen LogP) is 0.551. The van der Waals surface area contributed by atoms with Gasteiger partial charge in [-0.05, 0) is 59.6 Å². The van der Waals surface area contributed by atoms with Crippen LogP contribution in [0, 0.1) is 5.92 Å². The maximum absolute atomic E-state index is 11.9. The first kappa shape index (κ1) is 14.1. The van der Waals surface area contributed by atoms with Crippen LogP contribution >= 0.6 is 0 Å². The molecule has 2 heterocycles. The SMILES string of the molecule is CC1=CC(c2ccc3c(c2)=CNC(NC(=O)C2CC2)C=3)=CCN1. The van der Waals surface area contributed by atoms with Crippen LogP contribution in [-0.4, -0.2) is 18.6 Å². The van der Waals surface area contributed by atoms with Gasteiger partial charge in [-0.25, -0.2) is 0 Å². The van der Waals surface area contributed by atoms with E-state index in [-0.39, 0.29) is 18.0 Å². The molecular weight excluding hydrogens is 286 g/mol. The first-order valence-corrected chi connectivity index (χ1v) is 8.20. The van der Waals surface area contributed by atoms with Crippen molar-refractivity contribution in [1.29, 1.82) is 0 Å². The highest BCUT2D eigenvalue weighted by Gasteiger charge is 2.30. The molecule has 4 nitrogen and oxygen atoms in total. The molecule has 1 atom stereocenters. The Morgan fingerprint density at radius 3 is 2.91 bits per heavy atom. The molecule has 0 spiro atoms. The summed E-state index contributed by atoms with van der Waals surface area (Å²) in [6.07, 6.45) is 10.4. The second kappa shape index (κ2) is 5.61. The third-order valence-corrected chi connectivity index (χ3v) is 4.51. The summed E-state index contributed by atoms with van der Waals surface area (Å²) < 4.78 is 0. The fraction of sp³-hybridized carbons (Fsp3) is 0.316. The van der Waals surface area contributed by atoms with Crippen LogP contribution in [0.3, 0.4) is 0 Å². The van der Waals surface area contributed by atoms with Gasteiger partial charge in [0, 0.05) is 24.4 Å². The monoisotopic (exact) mass is 307 g/mol. The molecular formula is C19H21N3O. The van der Waals surface area contributed by atoms with Gasteiger partial charge in [0.1, 0.15) is 6.17 Å². The number of dihydropyridines is 1. The summed E-state index contributed by atoms with van der Waals surface area (Å²) >= 11 is 0. The Bertz CT molecular complexity index is 831. The molecule has 2 aliphatic heterocycles. The number of hydrogen-bond acceptors (Lipinski definition) is 3. The van der Waals surface area contributed by atoms with Crippen LogP contribution in [0.5, 0.6) is 0 Å². The highest BCUT2D eigenvalue weighted by Crippen LogP contribution is 2.28. The van der Waals surface area contributed by atoms with Crippen molar-refractivity contribution in [2.75, 3.05) is 6.54 Å². The van der Waals surface area contributed by atoms with E-state index >= 15 is 0 Å². The molecule has 1 unspecified atom stereocenters. The van der Waals surface area contributed by atoms with E-state index in [1.54, 1.807) is 0 Å². The van der Waals surface area contributed by atoms with Crippen molar-refractivity contribution < 1.29 is 4.79 Å². The van der Waals surface area contributed by atoms with Gasteiger partial charge in [0.2, 0.25) is 5.91 Å². The first-order chi connectivity index (χ1) is 11.2. The highest BCUT2D eigenvalue weighted by molar-refractivity contribution is 5.82. The zero-order chi connectivity index (χ0) is 15.8. The van der Waals surface area contributed by atoms with Gasteiger partial charge in [0.25, 0.3) is 0 Å². The normalized spacial score (nSPS) is 22.2. The molecule has 4 heteroatoms. The number of carbonyl (C=O) groups excluding carboxylic acids is 1. The van der Waals surface area contributed by atoms with Gasteiger partial charge in [0.15, 0.2) is 0 Å². The molecule has 0 aromatic heterocycles. The fourth-order valence-electron chi connectivity index (χ4n) is 3.00. The molecule has 1 saturated carbocycles. The number of allylic oxidation sites excluding steroid dienone is 3. The Morgan fingerprint density at radius 2 is 2.13 bits per heavy atom. The van der Waals surface area contributed by atoms with E-state index in [1.165, 1.54) is 16.8 Å². The van der Waals surface area contributed by atoms with Crippen molar-refractivity contribution in [2.45, 2.75) is 25.9 Å². The van der Waals surface area contributed by atoms with Crippen LogP contribution < -0.4 is 26.4 Å². The summed E-state index contributed by atoms with van der Waals surface area (Å²) in [5, 5.41) is 11.9. The fourth-order valence-corrected chi connectivity index (χ4v) is 3.00. The van der Waals surface area contributed by atoms with E-state index < -0.39 is 0 Å². The summed E-state index contributed by atoms with van der Waals surface area (Å²) in [4.78, 5) is 11.9. The molecule has 118 valence electrons. The van der Waals surface area contributed by atoms with Crippen LogP contribution in [0.25, 0.3) is 17.8 Å². The number of rotatable bonds is 3. The Kier molecular flexibility index (Phi) is 3.45. The van der Waals surface area contributed by atoms with Crippen molar-refractivity contribution in [2.24, 2.45) is 5.92 Å². The Morgan fingerprint density at radius 1 is 1.26 bits per heavy atom. The van der Waals surface area contributed by atoms with Crippen molar-refractivity contribution in [3.8, 4) is 0 Å². The molecule has 1 aromatic carbocycles. The largest absolute Gasteiger partial charge is 0.385 e. The van der Waals surface area contributed by atoms with Crippen molar-refractivity contribution in [3.63, 3.8) is 0 Å². The van der Waals surface area contributed by atoms with Gasteiger partial charge >= 0.3 is 0 Å². The number of amides is 1. The van der Waals surface area contributed by atoms with Crippen molar-refractivity contribution in [3.05, 3.63) is 52.0 Å². The Hall–Kier alpha value is -2.49. The molecule has 1 amide bonds. The van der Waals surface area contributed by atoms with Crippen molar-refractivity contribution in [1.82, 2.24) is 16.0 Å². The van der Waals surface area contributed by atoms with E-state index in [0.29, 0.717) is 0 Å². The summed E-state index contributed by atoms with van der Waals surface area (Å²) in [7, 11) is 0. The van der Waals surface area contributed by atoms with Crippen LogP contribution in [0.2, 0.25) is 0 Å². The van der Waals surface area contributed by atoms with Gasteiger partial charge in [-0.3, -0.25) is 4.79 Å². The van der Waals surface area contributed by atoms with Crippen LogP contribution in [-0.2, 0) is 4.79 Å². The summed E-state index contributed by atoms with van der Waals surface area (Å²) in [5.74, 6) is 0.392. The van der Waals surface area contributed by atoms with E-state index in [1.807, 2.05) is 6.20 Å². The standard InChI is InChI=1S/C19H21N3O/c1-12-8-16(6-7-20-12)14-4-5-15-10-18(21-11-17(15)9-14)22-19(23)13-2-3-13/h4-6,8-11,13,18,20-21H,2-3,7H2,1H3,(H,22,23). The van der Waals surface area contributed by atoms with Gasteiger partial charge in [-0.15, -0.1) is 0 Å². The molecule has 0 radical (unpaired) electrons. The van der Waals surface area contributed by atoms with Crippen LogP contribution in [0.4, 0.5) is 0 Å². The number of carbonyl (C=O) groups is 1. The second-order valence-electron chi connectivity index (χ2n) is 6.45. The molecule has 1 aliphatic carbocycles. The quantitative estimate of drug-likeness (QED) is 0.764. The lowest BCUT2D eigenvalue weighted by atomic mass is 10.0. The maximum atomic E-state index is 11.9. The molecule has 0 saturated heterocycles. The minimum Gasteiger partial charge on any atom is -0.385 e. The van der Waals surface area contributed by atoms with E-state index in [4.69, 9.17) is 0 Å². The Labute approximate surface area is 135 Å². The maximum Gasteiger partial charge on any atom is 0.224 e. The highest BCUT2D eigenvalue weighted by atomic mass is 16.2. The lowest BCUT2D eigenvalue weighted by Gasteiger charge is -2.19. The molecule has 1 aromatic rings. The van der Waals surface area contributed by atoms with Crippen LogP contribution in [0.15, 0.2) is 36.0 Å². The minimum atomic E-state index is -0.110. The predicted molar refractivity (Wildman–Crippen MR) is 92.1 cm³/mol. The van der Waals surface area contributed by atoms with Gasteiger partial charge in [-0.2, -0.15) is 0 Å². The average molecular weight is 307 g/mol. The summed E-state index contributed by atoms with van der Waals surface area (Å²) in [6, 6.07) is 6.47. The smallest absolute Gasteiger partial charge is 0.224 e. The molecule has 0 bridgehead atoms. The topological polar surface area (TPSA) is 53.2 Å². The second-order valence-corrected chi connectivity index (χ2v) is 6.45. The lowest BCUT2D eigenvalue weighted by Crippen LogP contribution is -2.48. The van der Waals surface area contributed by atoms with Gasteiger partial charge < -0.3 is 16.0 Å². The van der Waals surface area contributed by atoms with Gasteiger partial charge in [-0.1, -0.05) is 18.2 Å². The van der Waals surface area contributed by atoms with Crippen molar-refractivity contribution >= 4 is 23.8 Å². The number of benzene rings is 1. The molecule has 1 fully saturated rings. The van der Waals surface area contributed by atoms with Gasteiger partial charge in [0.05, 0.1) is 0 Å². The zero-order valence-corrected chi connectivity index (χ0v) is 13.2. The number of nitrogens with one attached hydrogen (secondary N) is 3. The molecule has 3 aliphatic rings. The van der Waals surface area contributed by atoms with E-state index in [9.17, 15) is 4.79 Å². The minimum absolute atomic E-state index is 0.110.